The Morgan fingerprint density at radius 2 is 2.33 bits per heavy atom. The van der Waals surface area contributed by atoms with Crippen molar-refractivity contribution in [1.29, 1.82) is 0 Å². The third-order valence-electron chi connectivity index (χ3n) is 3.82. The van der Waals surface area contributed by atoms with Gasteiger partial charge in [-0.05, 0) is 37.8 Å². The maximum atomic E-state index is 4.89. The molecule has 4 nitrogen and oxygen atoms in total. The van der Waals surface area contributed by atoms with Gasteiger partial charge in [-0.25, -0.2) is 15.0 Å². The molecule has 0 amide bonds. The Morgan fingerprint density at radius 3 is 3.10 bits per heavy atom. The van der Waals surface area contributed by atoms with E-state index in [4.69, 9.17) is 4.98 Å². The van der Waals surface area contributed by atoms with Crippen LogP contribution in [0.3, 0.4) is 0 Å². The van der Waals surface area contributed by atoms with Crippen LogP contribution in [0.1, 0.15) is 43.2 Å². The largest absolute Gasteiger partial charge is 0.316 e. The summed E-state index contributed by atoms with van der Waals surface area (Å²) >= 11 is 1.80. The molecule has 5 heteroatoms. The summed E-state index contributed by atoms with van der Waals surface area (Å²) in [5.74, 6) is 1.25. The predicted octanol–water partition coefficient (Wildman–Crippen LogP) is 3.27. The molecule has 0 aromatic carbocycles. The Kier molecular flexibility index (Phi) is 4.60. The van der Waals surface area contributed by atoms with Gasteiger partial charge in [-0.2, -0.15) is 0 Å². The lowest BCUT2D eigenvalue weighted by Gasteiger charge is -2.22. The number of rotatable bonds is 5. The average molecular weight is 302 g/mol. The van der Waals surface area contributed by atoms with Crippen LogP contribution in [0, 0.1) is 5.92 Å². The molecule has 0 fully saturated rings. The number of nitrogens with zero attached hydrogens (tertiary/aromatic N) is 3. The second-order valence-electron chi connectivity index (χ2n) is 6.06. The average Bonchev–Trinajstić information content (AvgIpc) is 2.93. The molecule has 1 N–H and O–H groups in total. The summed E-state index contributed by atoms with van der Waals surface area (Å²) in [6.45, 7) is 6.61. The van der Waals surface area contributed by atoms with Gasteiger partial charge in [0.2, 0.25) is 0 Å². The molecule has 0 spiro atoms. The summed E-state index contributed by atoms with van der Waals surface area (Å²) in [6, 6.07) is 1.94. The van der Waals surface area contributed by atoms with Gasteiger partial charge in [0.15, 0.2) is 0 Å². The predicted molar refractivity (Wildman–Crippen MR) is 86.5 cm³/mol. The second-order valence-corrected chi connectivity index (χ2v) is 7.15. The molecular weight excluding hydrogens is 280 g/mol. The van der Waals surface area contributed by atoms with Gasteiger partial charge in [0.25, 0.3) is 0 Å². The van der Waals surface area contributed by atoms with Gasteiger partial charge in [-0.3, -0.25) is 0 Å². The number of aryl methyl sites for hydroxylation is 1. The van der Waals surface area contributed by atoms with E-state index in [1.807, 2.05) is 6.07 Å². The van der Waals surface area contributed by atoms with Crippen LogP contribution in [-0.4, -0.2) is 28.0 Å². The zero-order chi connectivity index (χ0) is 14.7. The number of nitrogens with one attached hydrogen (secondary N) is 1. The van der Waals surface area contributed by atoms with E-state index in [1.165, 1.54) is 29.8 Å². The van der Waals surface area contributed by atoms with E-state index in [1.54, 1.807) is 23.9 Å². The molecular formula is C16H22N4S. The standard InChI is InChI=1S/C16H22N4S/c1-11(2)8-18-9-12-4-3-5-14-15(12)20-16(21-14)13-6-7-17-10-19-13/h6-7,10-12,18H,3-5,8-9H2,1-2H3. The van der Waals surface area contributed by atoms with Crippen LogP contribution < -0.4 is 5.32 Å². The molecule has 2 aromatic rings. The summed E-state index contributed by atoms with van der Waals surface area (Å²) in [6.07, 6.45) is 7.05. The highest BCUT2D eigenvalue weighted by atomic mass is 32.1. The van der Waals surface area contributed by atoms with E-state index in [-0.39, 0.29) is 0 Å². The second kappa shape index (κ2) is 6.62. The van der Waals surface area contributed by atoms with Gasteiger partial charge in [0.05, 0.1) is 5.69 Å². The van der Waals surface area contributed by atoms with Crippen molar-refractivity contribution < 1.29 is 0 Å². The summed E-state index contributed by atoms with van der Waals surface area (Å²) in [7, 11) is 0. The van der Waals surface area contributed by atoms with Crippen LogP contribution in [0.4, 0.5) is 0 Å². The lowest BCUT2D eigenvalue weighted by Crippen LogP contribution is -2.27. The van der Waals surface area contributed by atoms with E-state index in [2.05, 4.69) is 29.1 Å². The molecule has 0 saturated heterocycles. The fraction of sp³-hybridized carbons (Fsp3) is 0.562. The van der Waals surface area contributed by atoms with Gasteiger partial charge in [-0.1, -0.05) is 13.8 Å². The maximum Gasteiger partial charge on any atom is 0.142 e. The smallest absolute Gasteiger partial charge is 0.142 e. The highest BCUT2D eigenvalue weighted by molar-refractivity contribution is 7.15. The van der Waals surface area contributed by atoms with Crippen LogP contribution in [0.2, 0.25) is 0 Å². The van der Waals surface area contributed by atoms with Gasteiger partial charge in [-0.15, -0.1) is 11.3 Å². The molecule has 0 radical (unpaired) electrons. The fourth-order valence-electron chi connectivity index (χ4n) is 2.78. The van der Waals surface area contributed by atoms with Gasteiger partial charge < -0.3 is 5.32 Å². The van der Waals surface area contributed by atoms with Crippen LogP contribution in [0.5, 0.6) is 0 Å². The van der Waals surface area contributed by atoms with Crippen LogP contribution in [0.15, 0.2) is 18.6 Å². The number of hydrogen-bond acceptors (Lipinski definition) is 5. The van der Waals surface area contributed by atoms with Crippen LogP contribution in [-0.2, 0) is 6.42 Å². The van der Waals surface area contributed by atoms with Gasteiger partial charge >= 0.3 is 0 Å². The van der Waals surface area contributed by atoms with E-state index >= 15 is 0 Å². The maximum absolute atomic E-state index is 4.89. The summed E-state index contributed by atoms with van der Waals surface area (Å²) in [5, 5.41) is 4.62. The first kappa shape index (κ1) is 14.6. The molecule has 112 valence electrons. The quantitative estimate of drug-likeness (QED) is 0.921. The minimum absolute atomic E-state index is 0.555. The summed E-state index contributed by atoms with van der Waals surface area (Å²) < 4.78 is 0. The molecule has 0 bridgehead atoms. The minimum Gasteiger partial charge on any atom is -0.316 e. The fourth-order valence-corrected chi connectivity index (χ4v) is 3.95. The van der Waals surface area contributed by atoms with Crippen molar-refractivity contribution in [3.63, 3.8) is 0 Å². The van der Waals surface area contributed by atoms with Crippen LogP contribution >= 0.6 is 11.3 Å². The molecule has 1 aliphatic rings. The minimum atomic E-state index is 0.555. The Balaban J connectivity index is 1.77. The Hall–Kier alpha value is -1.33. The van der Waals surface area contributed by atoms with E-state index in [0.29, 0.717) is 11.8 Å². The zero-order valence-corrected chi connectivity index (χ0v) is 13.5. The summed E-state index contributed by atoms with van der Waals surface area (Å²) in [4.78, 5) is 14.6. The van der Waals surface area contributed by atoms with Crippen molar-refractivity contribution >= 4 is 11.3 Å². The van der Waals surface area contributed by atoms with Crippen LogP contribution in [0.25, 0.3) is 10.7 Å². The van der Waals surface area contributed by atoms with Gasteiger partial charge in [0.1, 0.15) is 17.0 Å². The van der Waals surface area contributed by atoms with E-state index in [0.717, 1.165) is 23.8 Å². The molecule has 1 aliphatic carbocycles. The normalized spacial score (nSPS) is 18.0. The van der Waals surface area contributed by atoms with Gasteiger partial charge in [0, 0.05) is 23.5 Å². The van der Waals surface area contributed by atoms with Crippen molar-refractivity contribution in [2.24, 2.45) is 5.92 Å². The molecule has 0 aliphatic heterocycles. The van der Waals surface area contributed by atoms with Crippen molar-refractivity contribution in [1.82, 2.24) is 20.3 Å². The Labute approximate surface area is 130 Å². The Bertz CT molecular complexity index is 579. The topological polar surface area (TPSA) is 50.7 Å². The zero-order valence-electron chi connectivity index (χ0n) is 12.7. The molecule has 21 heavy (non-hydrogen) atoms. The monoisotopic (exact) mass is 302 g/mol. The SMILES string of the molecule is CC(C)CNCC1CCCc2sc(-c3ccncn3)nc21. The van der Waals surface area contributed by atoms with E-state index in [9.17, 15) is 0 Å². The van der Waals surface area contributed by atoms with Crippen molar-refractivity contribution in [3.05, 3.63) is 29.2 Å². The molecule has 0 saturated carbocycles. The lowest BCUT2D eigenvalue weighted by atomic mass is 9.91. The number of thiazole rings is 1. The van der Waals surface area contributed by atoms with E-state index < -0.39 is 0 Å². The third kappa shape index (κ3) is 3.47. The Morgan fingerprint density at radius 1 is 1.43 bits per heavy atom. The lowest BCUT2D eigenvalue weighted by molar-refractivity contribution is 0.473. The first-order valence-electron chi connectivity index (χ1n) is 7.70. The molecule has 2 aromatic heterocycles. The third-order valence-corrected chi connectivity index (χ3v) is 4.97. The molecule has 1 unspecified atom stereocenters. The summed E-state index contributed by atoms with van der Waals surface area (Å²) in [5.41, 5.74) is 2.24. The van der Waals surface area contributed by atoms with Crippen molar-refractivity contribution in [3.8, 4) is 10.7 Å². The molecule has 3 rings (SSSR count). The number of aromatic nitrogens is 3. The molecule has 2 heterocycles. The highest BCUT2D eigenvalue weighted by Gasteiger charge is 2.25. The van der Waals surface area contributed by atoms with Crippen molar-refractivity contribution in [2.45, 2.75) is 39.0 Å². The number of fused-ring (bicyclic) bond motifs is 1. The first-order valence-corrected chi connectivity index (χ1v) is 8.52. The number of hydrogen-bond donors (Lipinski definition) is 1. The van der Waals surface area contributed by atoms with Crippen molar-refractivity contribution in [2.75, 3.05) is 13.1 Å². The highest BCUT2D eigenvalue weighted by Crippen LogP contribution is 2.37. The first-order chi connectivity index (χ1) is 10.2. The molecule has 1 atom stereocenters.